The van der Waals surface area contributed by atoms with Gasteiger partial charge >= 0.3 is 24.1 Å². The van der Waals surface area contributed by atoms with E-state index in [0.29, 0.717) is 0 Å². The van der Waals surface area contributed by atoms with Crippen molar-refractivity contribution in [2.75, 3.05) is 6.61 Å². The number of alkyl carbamates (subject to hydrolysis) is 1. The van der Waals surface area contributed by atoms with Crippen LogP contribution in [0.3, 0.4) is 0 Å². The summed E-state index contributed by atoms with van der Waals surface area (Å²) in [6.07, 6.45) is -2.42. The lowest BCUT2D eigenvalue weighted by molar-refractivity contribution is -0.152. The molecule has 0 aromatic carbocycles. The van der Waals surface area contributed by atoms with E-state index in [0.717, 1.165) is 0 Å². The third kappa shape index (κ3) is 8.90. The summed E-state index contributed by atoms with van der Waals surface area (Å²) >= 11 is 0. The lowest BCUT2D eigenvalue weighted by Gasteiger charge is -2.18. The summed E-state index contributed by atoms with van der Waals surface area (Å²) in [6.45, 7) is 8.35. The van der Waals surface area contributed by atoms with Crippen LogP contribution < -0.4 is 5.32 Å². The lowest BCUT2D eigenvalue weighted by Crippen LogP contribution is -2.41. The third-order valence-electron chi connectivity index (χ3n) is 1.51. The highest BCUT2D eigenvalue weighted by Crippen LogP contribution is 2.06. The van der Waals surface area contributed by atoms with E-state index < -0.39 is 29.7 Å². The summed E-state index contributed by atoms with van der Waals surface area (Å²) in [5, 5.41) is 1.62. The van der Waals surface area contributed by atoms with Crippen molar-refractivity contribution in [2.45, 2.75) is 40.2 Å². The molecule has 0 heterocycles. The minimum absolute atomic E-state index is 0.0415. The third-order valence-corrected chi connectivity index (χ3v) is 1.51. The second-order valence-corrected chi connectivity index (χ2v) is 5.30. The maximum Gasteiger partial charge on any atom is 0.516 e. The quantitative estimate of drug-likeness (QED) is 0.464. The predicted octanol–water partition coefficient (Wildman–Crippen LogP) is 1.37. The second-order valence-electron chi connectivity index (χ2n) is 5.30. The molecule has 0 radical (unpaired) electrons. The Hall–Kier alpha value is -2.12. The number of amides is 2. The molecule has 0 aliphatic heterocycles. The Balaban J connectivity index is 4.19. The molecule has 0 spiro atoms. The molecule has 0 unspecified atom stereocenters. The number of carbonyl (C=O) groups excluding carboxylic acids is 4. The van der Waals surface area contributed by atoms with Crippen LogP contribution in [0.15, 0.2) is 0 Å². The zero-order valence-corrected chi connectivity index (χ0v) is 12.1. The maximum atomic E-state index is 11.2. The van der Waals surface area contributed by atoms with Gasteiger partial charge in [0.2, 0.25) is 0 Å². The van der Waals surface area contributed by atoms with Crippen molar-refractivity contribution in [1.82, 2.24) is 5.32 Å². The molecule has 0 rings (SSSR count). The standard InChI is InChI=1S/C12H19NO7/c1-7(2)6-18-11(17)19-9(15)8(14)13-10(16)20-12(3,4)5/h7H,6H2,1-5H3,(H,13,14,16). The molecule has 0 aromatic rings. The zero-order chi connectivity index (χ0) is 15.9. The van der Waals surface area contributed by atoms with E-state index in [9.17, 15) is 19.2 Å². The largest absolute Gasteiger partial charge is 0.516 e. The first kappa shape index (κ1) is 17.9. The summed E-state index contributed by atoms with van der Waals surface area (Å²) in [4.78, 5) is 44.6. The Morgan fingerprint density at radius 2 is 1.65 bits per heavy atom. The molecule has 0 atom stereocenters. The van der Waals surface area contributed by atoms with Crippen molar-refractivity contribution in [1.29, 1.82) is 0 Å². The van der Waals surface area contributed by atoms with Gasteiger partial charge in [0.1, 0.15) is 5.60 Å². The Labute approximate surface area is 116 Å². The number of hydrogen-bond donors (Lipinski definition) is 1. The average molecular weight is 289 g/mol. The normalized spacial score (nSPS) is 10.7. The topological polar surface area (TPSA) is 108 Å². The number of ether oxygens (including phenoxy) is 3. The molecule has 0 saturated heterocycles. The van der Waals surface area contributed by atoms with Crippen molar-refractivity contribution in [3.05, 3.63) is 0 Å². The number of esters is 1. The van der Waals surface area contributed by atoms with Crippen molar-refractivity contribution < 1.29 is 33.4 Å². The van der Waals surface area contributed by atoms with Gasteiger partial charge in [0, 0.05) is 0 Å². The van der Waals surface area contributed by atoms with Gasteiger partial charge in [-0.1, -0.05) is 13.8 Å². The Morgan fingerprint density at radius 3 is 2.10 bits per heavy atom. The predicted molar refractivity (Wildman–Crippen MR) is 66.7 cm³/mol. The van der Waals surface area contributed by atoms with E-state index in [1.807, 2.05) is 0 Å². The van der Waals surface area contributed by atoms with Gasteiger partial charge in [-0.2, -0.15) is 0 Å². The van der Waals surface area contributed by atoms with Gasteiger partial charge < -0.3 is 14.2 Å². The van der Waals surface area contributed by atoms with E-state index in [1.165, 1.54) is 0 Å². The molecule has 8 nitrogen and oxygen atoms in total. The summed E-state index contributed by atoms with van der Waals surface area (Å²) in [5.74, 6) is -2.92. The number of carbonyl (C=O) groups is 4. The highest BCUT2D eigenvalue weighted by molar-refractivity contribution is 6.36. The van der Waals surface area contributed by atoms with Crippen LogP contribution in [0, 0.1) is 5.92 Å². The molecule has 0 aliphatic rings. The summed E-state index contributed by atoms with van der Waals surface area (Å²) < 4.78 is 13.4. The minimum Gasteiger partial charge on any atom is -0.444 e. The number of imide groups is 1. The molecule has 8 heteroatoms. The van der Waals surface area contributed by atoms with Crippen molar-refractivity contribution in [2.24, 2.45) is 5.92 Å². The van der Waals surface area contributed by atoms with Gasteiger partial charge in [0.15, 0.2) is 0 Å². The molecule has 114 valence electrons. The molecule has 1 N–H and O–H groups in total. The van der Waals surface area contributed by atoms with Gasteiger partial charge in [0.05, 0.1) is 6.61 Å². The smallest absolute Gasteiger partial charge is 0.444 e. The van der Waals surface area contributed by atoms with E-state index >= 15 is 0 Å². The molecule has 0 aliphatic carbocycles. The molecule has 2 amide bonds. The molecule has 20 heavy (non-hydrogen) atoms. The van der Waals surface area contributed by atoms with E-state index in [-0.39, 0.29) is 12.5 Å². The van der Waals surface area contributed by atoms with Crippen LogP contribution in [0.2, 0.25) is 0 Å². The first-order valence-corrected chi connectivity index (χ1v) is 5.94. The Kier molecular flexibility index (Phi) is 6.67. The molecule has 0 bridgehead atoms. The van der Waals surface area contributed by atoms with Crippen molar-refractivity contribution in [3.8, 4) is 0 Å². The SMILES string of the molecule is CC(C)COC(=O)OC(=O)C(=O)NC(=O)OC(C)(C)C. The van der Waals surface area contributed by atoms with Crippen LogP contribution in [-0.2, 0) is 23.8 Å². The summed E-state index contributed by atoms with van der Waals surface area (Å²) in [7, 11) is 0. The lowest BCUT2D eigenvalue weighted by atomic mass is 10.2. The van der Waals surface area contributed by atoms with Crippen LogP contribution in [0.4, 0.5) is 9.59 Å². The average Bonchev–Trinajstić information content (AvgIpc) is 2.23. The Bertz CT molecular complexity index is 395. The molecule has 0 aromatic heterocycles. The van der Waals surface area contributed by atoms with Crippen LogP contribution in [0.5, 0.6) is 0 Å². The van der Waals surface area contributed by atoms with Crippen molar-refractivity contribution in [3.63, 3.8) is 0 Å². The van der Waals surface area contributed by atoms with Crippen LogP contribution in [0.25, 0.3) is 0 Å². The number of rotatable bonds is 2. The van der Waals surface area contributed by atoms with Crippen LogP contribution in [0.1, 0.15) is 34.6 Å². The molecule has 0 saturated carbocycles. The Morgan fingerprint density at radius 1 is 1.10 bits per heavy atom. The fourth-order valence-electron chi connectivity index (χ4n) is 0.834. The first-order valence-electron chi connectivity index (χ1n) is 5.94. The van der Waals surface area contributed by atoms with Gasteiger partial charge in [-0.05, 0) is 26.7 Å². The van der Waals surface area contributed by atoms with Gasteiger partial charge in [-0.25, -0.2) is 14.4 Å². The fourth-order valence-corrected chi connectivity index (χ4v) is 0.834. The molecular formula is C12H19NO7. The molecular weight excluding hydrogens is 270 g/mol. The monoisotopic (exact) mass is 289 g/mol. The van der Waals surface area contributed by atoms with E-state index in [1.54, 1.807) is 39.9 Å². The second kappa shape index (κ2) is 7.46. The van der Waals surface area contributed by atoms with Crippen LogP contribution in [-0.4, -0.2) is 36.3 Å². The number of hydrogen-bond acceptors (Lipinski definition) is 7. The maximum absolute atomic E-state index is 11.2. The van der Waals surface area contributed by atoms with E-state index in [2.05, 4.69) is 9.47 Å². The first-order chi connectivity index (χ1) is 9.01. The van der Waals surface area contributed by atoms with Crippen molar-refractivity contribution >= 4 is 24.1 Å². The highest BCUT2D eigenvalue weighted by Gasteiger charge is 2.25. The minimum atomic E-state index is -1.55. The summed E-state index contributed by atoms with van der Waals surface area (Å²) in [6, 6.07) is 0. The van der Waals surface area contributed by atoms with Crippen LogP contribution >= 0.6 is 0 Å². The van der Waals surface area contributed by atoms with Gasteiger partial charge in [-0.3, -0.25) is 10.1 Å². The molecule has 0 fully saturated rings. The van der Waals surface area contributed by atoms with E-state index in [4.69, 9.17) is 4.74 Å². The van der Waals surface area contributed by atoms with Gasteiger partial charge in [0.25, 0.3) is 0 Å². The highest BCUT2D eigenvalue weighted by atomic mass is 16.7. The summed E-state index contributed by atoms with van der Waals surface area (Å²) in [5.41, 5.74) is -0.829. The fraction of sp³-hybridized carbons (Fsp3) is 0.667. The number of nitrogens with one attached hydrogen (secondary N) is 1. The van der Waals surface area contributed by atoms with Gasteiger partial charge in [-0.15, -0.1) is 0 Å². The zero-order valence-electron chi connectivity index (χ0n) is 12.1.